The lowest BCUT2D eigenvalue weighted by atomic mass is 9.89. The van der Waals surface area contributed by atoms with Gasteiger partial charge < -0.3 is 24.4 Å². The number of nitrogens with zero attached hydrogens (tertiary/aromatic N) is 2. The van der Waals surface area contributed by atoms with Crippen LogP contribution >= 0.6 is 0 Å². The normalized spacial score (nSPS) is 17.1. The molecule has 0 unspecified atom stereocenters. The first-order valence-electron chi connectivity index (χ1n) is 12.4. The van der Waals surface area contributed by atoms with Crippen LogP contribution in [-0.2, 0) is 6.42 Å². The Morgan fingerprint density at radius 1 is 0.946 bits per heavy atom. The molecule has 3 aromatic carbocycles. The highest BCUT2D eigenvalue weighted by Crippen LogP contribution is 2.34. The Balaban J connectivity index is 1.44. The molecule has 1 saturated heterocycles. The number of hydrogen-bond donors (Lipinski definition) is 1. The molecule has 37 heavy (non-hydrogen) atoms. The van der Waals surface area contributed by atoms with Crippen LogP contribution < -0.4 is 19.5 Å². The fourth-order valence-corrected chi connectivity index (χ4v) is 4.92. The Hall–Kier alpha value is -4.02. The summed E-state index contributed by atoms with van der Waals surface area (Å²) in [5.41, 5.74) is 3.53. The Morgan fingerprint density at radius 3 is 2.32 bits per heavy atom. The van der Waals surface area contributed by atoms with Gasteiger partial charge in [0.1, 0.15) is 5.75 Å². The van der Waals surface area contributed by atoms with Gasteiger partial charge in [-0.3, -0.25) is 4.79 Å². The summed E-state index contributed by atoms with van der Waals surface area (Å²) < 4.78 is 16.2. The van der Waals surface area contributed by atoms with Crippen molar-refractivity contribution in [3.8, 4) is 23.3 Å². The van der Waals surface area contributed by atoms with E-state index in [1.165, 1.54) is 11.1 Å². The zero-order valence-corrected chi connectivity index (χ0v) is 21.6. The fraction of sp³-hybridized carbons (Fsp3) is 0.333. The number of methoxy groups -OCH3 is 3. The standard InChI is InChI=1S/C30H33N3O4/c1-35-26-11-9-23(10-12-26)27-20-33(15-14-21-6-13-28(36-2)29(16-21)37-3)19-25(27)18-32-30(34)24-7-4-22(17-31)5-8-24/h4-13,16,25,27H,14-15,18-20H2,1-3H3,(H,32,34)/t25-,27+/m0/s1. The van der Waals surface area contributed by atoms with E-state index in [9.17, 15) is 4.79 Å². The Bertz CT molecular complexity index is 1240. The molecule has 7 nitrogen and oxygen atoms in total. The molecule has 1 fully saturated rings. The SMILES string of the molecule is COc1ccc([C@H]2CN(CCc3ccc(OC)c(OC)c3)C[C@@H]2CNC(=O)c2ccc(C#N)cc2)cc1. The van der Waals surface area contributed by atoms with Crippen LogP contribution in [0.3, 0.4) is 0 Å². The Labute approximate surface area is 218 Å². The lowest BCUT2D eigenvalue weighted by Crippen LogP contribution is -2.32. The Morgan fingerprint density at radius 2 is 1.68 bits per heavy atom. The second-order valence-corrected chi connectivity index (χ2v) is 9.24. The molecule has 2 atom stereocenters. The van der Waals surface area contributed by atoms with Crippen molar-refractivity contribution in [3.05, 3.63) is 89.0 Å². The van der Waals surface area contributed by atoms with E-state index in [2.05, 4.69) is 34.5 Å². The van der Waals surface area contributed by atoms with Crippen molar-refractivity contribution in [2.45, 2.75) is 12.3 Å². The van der Waals surface area contributed by atoms with Crippen molar-refractivity contribution < 1.29 is 19.0 Å². The number of nitriles is 1. The van der Waals surface area contributed by atoms with Gasteiger partial charge >= 0.3 is 0 Å². The van der Waals surface area contributed by atoms with E-state index in [0.29, 0.717) is 17.7 Å². The highest BCUT2D eigenvalue weighted by molar-refractivity contribution is 5.94. The predicted octanol–water partition coefficient (Wildman–Crippen LogP) is 4.27. The van der Waals surface area contributed by atoms with Crippen molar-refractivity contribution in [1.29, 1.82) is 5.26 Å². The first-order chi connectivity index (χ1) is 18.0. The van der Waals surface area contributed by atoms with Gasteiger partial charge in [0, 0.05) is 37.7 Å². The quantitative estimate of drug-likeness (QED) is 0.449. The maximum Gasteiger partial charge on any atom is 0.251 e. The number of carbonyl (C=O) groups is 1. The van der Waals surface area contributed by atoms with Crippen LogP contribution in [0.2, 0.25) is 0 Å². The average molecular weight is 500 g/mol. The molecule has 1 N–H and O–H groups in total. The van der Waals surface area contributed by atoms with E-state index in [0.717, 1.165) is 43.3 Å². The maximum atomic E-state index is 12.8. The predicted molar refractivity (Wildman–Crippen MR) is 142 cm³/mol. The average Bonchev–Trinajstić information content (AvgIpc) is 3.37. The molecule has 192 valence electrons. The van der Waals surface area contributed by atoms with Crippen LogP contribution in [0.4, 0.5) is 0 Å². The summed E-state index contributed by atoms with van der Waals surface area (Å²) >= 11 is 0. The van der Waals surface area contributed by atoms with Crippen LogP contribution in [0, 0.1) is 17.2 Å². The smallest absolute Gasteiger partial charge is 0.251 e. The summed E-state index contributed by atoms with van der Waals surface area (Å²) in [4.78, 5) is 15.2. The number of benzene rings is 3. The second-order valence-electron chi connectivity index (χ2n) is 9.24. The van der Waals surface area contributed by atoms with Crippen LogP contribution in [0.5, 0.6) is 17.2 Å². The largest absolute Gasteiger partial charge is 0.497 e. The molecule has 0 aliphatic carbocycles. The molecular formula is C30H33N3O4. The summed E-state index contributed by atoms with van der Waals surface area (Å²) in [5, 5.41) is 12.1. The molecule has 3 aromatic rings. The van der Waals surface area contributed by atoms with E-state index in [-0.39, 0.29) is 17.7 Å². The maximum absolute atomic E-state index is 12.8. The minimum absolute atomic E-state index is 0.123. The summed E-state index contributed by atoms with van der Waals surface area (Å²) in [7, 11) is 4.96. The van der Waals surface area contributed by atoms with Gasteiger partial charge in [0.05, 0.1) is 33.0 Å². The number of carbonyl (C=O) groups excluding carboxylic acids is 1. The van der Waals surface area contributed by atoms with E-state index >= 15 is 0 Å². The molecule has 1 amide bonds. The summed E-state index contributed by atoms with van der Waals surface area (Å²) in [6.45, 7) is 3.28. The van der Waals surface area contributed by atoms with Gasteiger partial charge in [-0.05, 0) is 72.0 Å². The van der Waals surface area contributed by atoms with E-state index < -0.39 is 0 Å². The monoisotopic (exact) mass is 499 g/mol. The summed E-state index contributed by atoms with van der Waals surface area (Å²) in [6, 6.07) is 23.1. The molecule has 1 aliphatic rings. The zero-order chi connectivity index (χ0) is 26.2. The number of hydrogen-bond acceptors (Lipinski definition) is 6. The van der Waals surface area contributed by atoms with Gasteiger partial charge in [-0.2, -0.15) is 5.26 Å². The van der Waals surface area contributed by atoms with Crippen molar-refractivity contribution in [3.63, 3.8) is 0 Å². The van der Waals surface area contributed by atoms with Crippen molar-refractivity contribution in [1.82, 2.24) is 10.2 Å². The van der Waals surface area contributed by atoms with Crippen molar-refractivity contribution in [2.24, 2.45) is 5.92 Å². The van der Waals surface area contributed by atoms with Crippen LogP contribution in [0.1, 0.15) is 33.0 Å². The molecule has 7 heteroatoms. The second kappa shape index (κ2) is 12.3. The summed E-state index contributed by atoms with van der Waals surface area (Å²) in [6.07, 6.45) is 0.889. The molecular weight excluding hydrogens is 466 g/mol. The van der Waals surface area contributed by atoms with Gasteiger partial charge in [0.25, 0.3) is 5.91 Å². The molecule has 0 aromatic heterocycles. The van der Waals surface area contributed by atoms with E-state index in [1.54, 1.807) is 45.6 Å². The number of amides is 1. The highest BCUT2D eigenvalue weighted by atomic mass is 16.5. The van der Waals surface area contributed by atoms with Crippen LogP contribution in [0.15, 0.2) is 66.7 Å². The number of nitrogens with one attached hydrogen (secondary N) is 1. The number of likely N-dealkylation sites (tertiary alicyclic amines) is 1. The summed E-state index contributed by atoms with van der Waals surface area (Å²) in [5.74, 6) is 2.73. The topological polar surface area (TPSA) is 83.8 Å². The van der Waals surface area contributed by atoms with Gasteiger partial charge in [0.15, 0.2) is 11.5 Å². The first kappa shape index (κ1) is 26.1. The van der Waals surface area contributed by atoms with Crippen molar-refractivity contribution in [2.75, 3.05) is 47.5 Å². The third kappa shape index (κ3) is 6.41. The molecule has 0 saturated carbocycles. The zero-order valence-electron chi connectivity index (χ0n) is 21.6. The first-order valence-corrected chi connectivity index (χ1v) is 12.4. The Kier molecular flexibility index (Phi) is 8.65. The minimum Gasteiger partial charge on any atom is -0.497 e. The van der Waals surface area contributed by atoms with Gasteiger partial charge in [-0.25, -0.2) is 0 Å². The minimum atomic E-state index is -0.123. The van der Waals surface area contributed by atoms with Gasteiger partial charge in [0.2, 0.25) is 0 Å². The van der Waals surface area contributed by atoms with Gasteiger partial charge in [-0.15, -0.1) is 0 Å². The lowest BCUT2D eigenvalue weighted by molar-refractivity contribution is 0.0946. The molecule has 1 aliphatic heterocycles. The fourth-order valence-electron chi connectivity index (χ4n) is 4.92. The van der Waals surface area contributed by atoms with Crippen LogP contribution in [-0.4, -0.2) is 58.3 Å². The number of rotatable bonds is 10. The van der Waals surface area contributed by atoms with E-state index in [1.807, 2.05) is 24.3 Å². The third-order valence-electron chi connectivity index (χ3n) is 7.03. The lowest BCUT2D eigenvalue weighted by Gasteiger charge is -2.19. The van der Waals surface area contributed by atoms with Gasteiger partial charge in [-0.1, -0.05) is 18.2 Å². The van der Waals surface area contributed by atoms with Crippen molar-refractivity contribution >= 4 is 5.91 Å². The van der Waals surface area contributed by atoms with E-state index in [4.69, 9.17) is 19.5 Å². The molecule has 4 rings (SSSR count). The third-order valence-corrected chi connectivity index (χ3v) is 7.03. The highest BCUT2D eigenvalue weighted by Gasteiger charge is 2.33. The molecule has 1 heterocycles. The molecule has 0 radical (unpaired) electrons. The molecule has 0 bridgehead atoms. The van der Waals surface area contributed by atoms with Crippen LogP contribution in [0.25, 0.3) is 0 Å². The molecule has 0 spiro atoms. The number of ether oxygens (including phenoxy) is 3.